The summed E-state index contributed by atoms with van der Waals surface area (Å²) in [7, 11) is 1.81. The number of rotatable bonds is 8. The number of guanidine groups is 1. The fourth-order valence-corrected chi connectivity index (χ4v) is 3.51. The Morgan fingerprint density at radius 3 is 2.36 bits per heavy atom. The summed E-state index contributed by atoms with van der Waals surface area (Å²) in [6.07, 6.45) is 5.37. The minimum Gasteiger partial charge on any atom is -0.490 e. The number of aliphatic imine (C=N–C) groups is 1. The second kappa shape index (κ2) is 11.7. The monoisotopic (exact) mass is 447 g/mol. The fraction of sp³-hybridized carbons (Fsp3) is 0.333. The highest BCUT2D eigenvalue weighted by Gasteiger charge is 2.21. The van der Waals surface area contributed by atoms with Crippen LogP contribution in [0.5, 0.6) is 11.6 Å². The van der Waals surface area contributed by atoms with Gasteiger partial charge < -0.3 is 24.6 Å². The van der Waals surface area contributed by atoms with Gasteiger partial charge in [-0.1, -0.05) is 24.3 Å². The van der Waals surface area contributed by atoms with Gasteiger partial charge in [0.2, 0.25) is 11.8 Å². The molecule has 9 heteroatoms. The molecule has 33 heavy (non-hydrogen) atoms. The van der Waals surface area contributed by atoms with Crippen molar-refractivity contribution in [3.05, 3.63) is 72.7 Å². The molecule has 1 aliphatic rings. The van der Waals surface area contributed by atoms with Gasteiger partial charge >= 0.3 is 0 Å². The number of anilines is 1. The van der Waals surface area contributed by atoms with E-state index in [0.29, 0.717) is 25.6 Å². The Labute approximate surface area is 194 Å². The summed E-state index contributed by atoms with van der Waals surface area (Å²) in [5.74, 6) is 3.07. The molecule has 172 valence electrons. The highest BCUT2D eigenvalue weighted by Crippen LogP contribution is 2.12. The summed E-state index contributed by atoms with van der Waals surface area (Å²) in [6, 6.07) is 15.4. The molecule has 1 fully saturated rings. The predicted octanol–water partition coefficient (Wildman–Crippen LogP) is 2.23. The molecule has 0 unspecified atom stereocenters. The standard InChI is InChI=1S/C24H29N7O2/c1-25-23(30-12-14-31(15-13-30)24-26-10-5-11-27-24)29-19-20-8-9-22(28-18-20)33-17-16-32-21-6-3-2-4-7-21/h2-11,18H,12-17,19H2,1H3,(H,25,29). The number of piperazine rings is 1. The van der Waals surface area contributed by atoms with Crippen LogP contribution in [0.2, 0.25) is 0 Å². The van der Waals surface area contributed by atoms with Crippen LogP contribution in [0.1, 0.15) is 5.56 Å². The van der Waals surface area contributed by atoms with Crippen molar-refractivity contribution < 1.29 is 9.47 Å². The summed E-state index contributed by atoms with van der Waals surface area (Å²) in [5, 5.41) is 3.43. The van der Waals surface area contributed by atoms with E-state index in [9.17, 15) is 0 Å². The van der Waals surface area contributed by atoms with Gasteiger partial charge in [-0.2, -0.15) is 0 Å². The lowest BCUT2D eigenvalue weighted by atomic mass is 10.3. The second-order valence-corrected chi connectivity index (χ2v) is 7.44. The van der Waals surface area contributed by atoms with E-state index in [1.54, 1.807) is 12.4 Å². The summed E-state index contributed by atoms with van der Waals surface area (Å²) in [6.45, 7) is 4.96. The SMILES string of the molecule is CN=C(NCc1ccc(OCCOc2ccccc2)nc1)N1CCN(c2ncccn2)CC1. The van der Waals surface area contributed by atoms with Crippen LogP contribution in [-0.2, 0) is 6.54 Å². The molecule has 1 aliphatic heterocycles. The Balaban J connectivity index is 1.18. The van der Waals surface area contributed by atoms with Gasteiger partial charge in [0.05, 0.1) is 0 Å². The lowest BCUT2D eigenvalue weighted by molar-refractivity contribution is 0.212. The van der Waals surface area contributed by atoms with Crippen LogP contribution in [0.25, 0.3) is 0 Å². The van der Waals surface area contributed by atoms with Crippen molar-refractivity contribution in [2.45, 2.75) is 6.54 Å². The molecule has 0 radical (unpaired) electrons. The number of pyridine rings is 1. The molecule has 0 saturated carbocycles. The molecule has 3 heterocycles. The van der Waals surface area contributed by atoms with Crippen molar-refractivity contribution in [3.8, 4) is 11.6 Å². The lowest BCUT2D eigenvalue weighted by Gasteiger charge is -2.36. The molecule has 4 rings (SSSR count). The van der Waals surface area contributed by atoms with E-state index in [4.69, 9.17) is 9.47 Å². The van der Waals surface area contributed by atoms with Gasteiger partial charge in [0.25, 0.3) is 0 Å². The van der Waals surface area contributed by atoms with Crippen LogP contribution in [-0.4, -0.2) is 72.3 Å². The molecule has 0 bridgehead atoms. The Hall–Kier alpha value is -3.88. The maximum atomic E-state index is 5.67. The van der Waals surface area contributed by atoms with E-state index in [-0.39, 0.29) is 0 Å². The quantitative estimate of drug-likeness (QED) is 0.320. The lowest BCUT2D eigenvalue weighted by Crippen LogP contribution is -2.52. The van der Waals surface area contributed by atoms with Crippen LogP contribution in [0, 0.1) is 0 Å². The average molecular weight is 448 g/mol. The van der Waals surface area contributed by atoms with Gasteiger partial charge in [-0.3, -0.25) is 4.99 Å². The first-order valence-corrected chi connectivity index (χ1v) is 11.0. The Bertz CT molecular complexity index is 992. The molecule has 1 saturated heterocycles. The molecule has 9 nitrogen and oxygen atoms in total. The van der Waals surface area contributed by atoms with Crippen molar-refractivity contribution in [2.75, 3.05) is 51.3 Å². The maximum Gasteiger partial charge on any atom is 0.225 e. The Kier molecular flexibility index (Phi) is 7.88. The van der Waals surface area contributed by atoms with Gasteiger partial charge in [0.15, 0.2) is 5.96 Å². The first-order valence-electron chi connectivity index (χ1n) is 11.0. The smallest absolute Gasteiger partial charge is 0.225 e. The van der Waals surface area contributed by atoms with E-state index in [2.05, 4.69) is 35.1 Å². The van der Waals surface area contributed by atoms with E-state index in [1.165, 1.54) is 0 Å². The summed E-state index contributed by atoms with van der Waals surface area (Å²) in [5.41, 5.74) is 1.06. The Morgan fingerprint density at radius 2 is 1.67 bits per heavy atom. The Morgan fingerprint density at radius 1 is 0.909 bits per heavy atom. The number of hydrogen-bond acceptors (Lipinski definition) is 7. The summed E-state index contributed by atoms with van der Waals surface area (Å²) in [4.78, 5) is 21.9. The predicted molar refractivity (Wildman–Crippen MR) is 128 cm³/mol. The number of hydrogen-bond donors (Lipinski definition) is 1. The third-order valence-electron chi connectivity index (χ3n) is 5.22. The van der Waals surface area contributed by atoms with Crippen molar-refractivity contribution in [3.63, 3.8) is 0 Å². The first-order chi connectivity index (χ1) is 16.3. The van der Waals surface area contributed by atoms with Gasteiger partial charge in [-0.05, 0) is 23.8 Å². The molecule has 1 aromatic carbocycles. The summed E-state index contributed by atoms with van der Waals surface area (Å²) >= 11 is 0. The van der Waals surface area contributed by atoms with Gasteiger partial charge in [0, 0.05) is 64.4 Å². The van der Waals surface area contributed by atoms with Crippen LogP contribution in [0.15, 0.2) is 72.1 Å². The van der Waals surface area contributed by atoms with Crippen LogP contribution in [0.4, 0.5) is 5.95 Å². The van der Waals surface area contributed by atoms with Crippen molar-refractivity contribution in [1.29, 1.82) is 0 Å². The van der Waals surface area contributed by atoms with E-state index < -0.39 is 0 Å². The molecule has 0 atom stereocenters. The first kappa shape index (κ1) is 22.3. The minimum atomic E-state index is 0.437. The molecule has 0 spiro atoms. The highest BCUT2D eigenvalue weighted by molar-refractivity contribution is 5.80. The van der Waals surface area contributed by atoms with E-state index in [1.807, 2.05) is 61.8 Å². The largest absolute Gasteiger partial charge is 0.490 e. The number of aromatic nitrogens is 3. The zero-order valence-corrected chi connectivity index (χ0v) is 18.8. The molecule has 0 amide bonds. The number of nitrogens with zero attached hydrogens (tertiary/aromatic N) is 6. The van der Waals surface area contributed by atoms with Crippen molar-refractivity contribution in [1.82, 2.24) is 25.2 Å². The molecule has 1 N–H and O–H groups in total. The van der Waals surface area contributed by atoms with Gasteiger partial charge in [0.1, 0.15) is 19.0 Å². The highest BCUT2D eigenvalue weighted by atomic mass is 16.5. The molecule has 2 aromatic heterocycles. The third-order valence-corrected chi connectivity index (χ3v) is 5.22. The van der Waals surface area contributed by atoms with Gasteiger partial charge in [-0.25, -0.2) is 15.0 Å². The number of para-hydroxylation sites is 1. The van der Waals surface area contributed by atoms with Crippen molar-refractivity contribution in [2.24, 2.45) is 4.99 Å². The average Bonchev–Trinajstić information content (AvgIpc) is 2.89. The van der Waals surface area contributed by atoms with Crippen molar-refractivity contribution >= 4 is 11.9 Å². The minimum absolute atomic E-state index is 0.437. The second-order valence-electron chi connectivity index (χ2n) is 7.44. The van der Waals surface area contributed by atoms with Gasteiger partial charge in [-0.15, -0.1) is 0 Å². The number of nitrogens with one attached hydrogen (secondary N) is 1. The molecule has 3 aromatic rings. The number of ether oxygens (including phenoxy) is 2. The fourth-order valence-electron chi connectivity index (χ4n) is 3.51. The normalized spacial score (nSPS) is 14.2. The molecular weight excluding hydrogens is 418 g/mol. The topological polar surface area (TPSA) is 88.0 Å². The third kappa shape index (κ3) is 6.55. The van der Waals surface area contributed by atoms with E-state index in [0.717, 1.165) is 49.4 Å². The molecule has 0 aliphatic carbocycles. The molecular formula is C24H29N7O2. The van der Waals surface area contributed by atoms with E-state index >= 15 is 0 Å². The van der Waals surface area contributed by atoms with Crippen LogP contribution < -0.4 is 19.7 Å². The number of benzene rings is 1. The zero-order valence-electron chi connectivity index (χ0n) is 18.8. The zero-order chi connectivity index (χ0) is 22.7. The van der Waals surface area contributed by atoms with Crippen LogP contribution >= 0.6 is 0 Å². The maximum absolute atomic E-state index is 5.67. The van der Waals surface area contributed by atoms with Crippen LogP contribution in [0.3, 0.4) is 0 Å². The summed E-state index contributed by atoms with van der Waals surface area (Å²) < 4.78 is 11.3.